The first-order valence-electron chi connectivity index (χ1n) is 8.85. The van der Waals surface area contributed by atoms with Gasteiger partial charge in [0.2, 0.25) is 0 Å². The molecule has 1 amide bonds. The van der Waals surface area contributed by atoms with Crippen LogP contribution in [0.3, 0.4) is 0 Å². The molecule has 0 fully saturated rings. The van der Waals surface area contributed by atoms with Crippen molar-refractivity contribution in [3.05, 3.63) is 90.5 Å². The summed E-state index contributed by atoms with van der Waals surface area (Å²) in [5, 5.41) is 7.54. The van der Waals surface area contributed by atoms with Crippen molar-refractivity contribution in [2.45, 2.75) is 6.54 Å². The number of carbonyl (C=O) groups excluding carboxylic acids is 1. The summed E-state index contributed by atoms with van der Waals surface area (Å²) in [4.78, 5) is 12.8. The van der Waals surface area contributed by atoms with Crippen LogP contribution in [0.2, 0.25) is 0 Å². The molecule has 28 heavy (non-hydrogen) atoms. The highest BCUT2D eigenvalue weighted by molar-refractivity contribution is 5.94. The SMILES string of the molecule is COc1ccc(-c2cc(C(=O)NCc3ccco3)n(-c3ccccc3)n2)cc1. The monoisotopic (exact) mass is 373 g/mol. The quantitative estimate of drug-likeness (QED) is 0.553. The number of para-hydroxylation sites is 1. The molecule has 0 saturated carbocycles. The van der Waals surface area contributed by atoms with E-state index in [0.29, 0.717) is 23.7 Å². The third kappa shape index (κ3) is 3.66. The van der Waals surface area contributed by atoms with E-state index in [2.05, 4.69) is 10.4 Å². The van der Waals surface area contributed by atoms with E-state index in [1.54, 1.807) is 30.2 Å². The minimum Gasteiger partial charge on any atom is -0.497 e. The minimum absolute atomic E-state index is 0.229. The van der Waals surface area contributed by atoms with Gasteiger partial charge in [-0.3, -0.25) is 4.79 Å². The number of benzene rings is 2. The van der Waals surface area contributed by atoms with Gasteiger partial charge >= 0.3 is 0 Å². The van der Waals surface area contributed by atoms with Gasteiger partial charge in [0.05, 0.1) is 31.3 Å². The van der Waals surface area contributed by atoms with Gasteiger partial charge in [0.25, 0.3) is 5.91 Å². The summed E-state index contributed by atoms with van der Waals surface area (Å²) in [5.74, 6) is 1.23. The van der Waals surface area contributed by atoms with Crippen LogP contribution < -0.4 is 10.1 Å². The number of methoxy groups -OCH3 is 1. The molecule has 0 saturated heterocycles. The van der Waals surface area contributed by atoms with Gasteiger partial charge < -0.3 is 14.5 Å². The van der Waals surface area contributed by atoms with Crippen LogP contribution in [-0.4, -0.2) is 22.8 Å². The van der Waals surface area contributed by atoms with Crippen LogP contribution in [0.4, 0.5) is 0 Å². The predicted octanol–water partition coefficient (Wildman–Crippen LogP) is 4.07. The Morgan fingerprint density at radius 3 is 2.54 bits per heavy atom. The molecule has 0 unspecified atom stereocenters. The zero-order valence-electron chi connectivity index (χ0n) is 15.3. The molecule has 0 radical (unpaired) electrons. The number of rotatable bonds is 6. The second-order valence-electron chi connectivity index (χ2n) is 6.15. The first kappa shape index (κ1) is 17.6. The van der Waals surface area contributed by atoms with Crippen LogP contribution in [0.15, 0.2) is 83.5 Å². The van der Waals surface area contributed by atoms with E-state index < -0.39 is 0 Å². The number of hydrogen-bond donors (Lipinski definition) is 1. The van der Waals surface area contributed by atoms with E-state index in [1.807, 2.05) is 60.7 Å². The standard InChI is InChI=1S/C22H19N3O3/c1-27-18-11-9-16(10-12-18)20-14-21(22(26)23-15-19-8-5-13-28-19)25(24-20)17-6-3-2-4-7-17/h2-14H,15H2,1H3,(H,23,26). The molecule has 0 bridgehead atoms. The average molecular weight is 373 g/mol. The van der Waals surface area contributed by atoms with Crippen molar-refractivity contribution in [3.8, 4) is 22.7 Å². The normalized spacial score (nSPS) is 10.6. The molecule has 0 aliphatic rings. The molecule has 0 aliphatic heterocycles. The zero-order valence-corrected chi connectivity index (χ0v) is 15.3. The molecule has 6 heteroatoms. The summed E-state index contributed by atoms with van der Waals surface area (Å²) < 4.78 is 12.1. The van der Waals surface area contributed by atoms with Crippen molar-refractivity contribution in [2.24, 2.45) is 0 Å². The zero-order chi connectivity index (χ0) is 19.3. The lowest BCUT2D eigenvalue weighted by Gasteiger charge is -2.07. The van der Waals surface area contributed by atoms with Crippen LogP contribution in [0.25, 0.3) is 16.9 Å². The lowest BCUT2D eigenvalue weighted by Crippen LogP contribution is -2.25. The van der Waals surface area contributed by atoms with Crippen molar-refractivity contribution in [1.82, 2.24) is 15.1 Å². The number of ether oxygens (including phenoxy) is 1. The lowest BCUT2D eigenvalue weighted by molar-refractivity contribution is 0.0940. The molecule has 6 nitrogen and oxygen atoms in total. The fourth-order valence-corrected chi connectivity index (χ4v) is 2.88. The number of nitrogens with zero attached hydrogens (tertiary/aromatic N) is 2. The van der Waals surface area contributed by atoms with Gasteiger partial charge in [-0.25, -0.2) is 4.68 Å². The maximum atomic E-state index is 12.8. The number of amides is 1. The Morgan fingerprint density at radius 2 is 1.86 bits per heavy atom. The van der Waals surface area contributed by atoms with Crippen molar-refractivity contribution in [2.75, 3.05) is 7.11 Å². The van der Waals surface area contributed by atoms with Crippen molar-refractivity contribution in [1.29, 1.82) is 0 Å². The number of nitrogens with one attached hydrogen (secondary N) is 1. The molecule has 2 aromatic heterocycles. The van der Waals surface area contributed by atoms with Gasteiger partial charge in [0, 0.05) is 5.56 Å². The topological polar surface area (TPSA) is 69.3 Å². The molecule has 0 spiro atoms. The molecule has 2 aromatic carbocycles. The number of furan rings is 1. The van der Waals surface area contributed by atoms with Crippen molar-refractivity contribution >= 4 is 5.91 Å². The predicted molar refractivity (Wildman–Crippen MR) is 105 cm³/mol. The molecule has 140 valence electrons. The Labute approximate surface area is 162 Å². The number of aromatic nitrogens is 2. The number of carbonyl (C=O) groups is 1. The third-order valence-electron chi connectivity index (χ3n) is 4.33. The molecule has 0 aliphatic carbocycles. The summed E-state index contributed by atoms with van der Waals surface area (Å²) in [5.41, 5.74) is 2.86. The number of hydrogen-bond acceptors (Lipinski definition) is 4. The van der Waals surface area contributed by atoms with Gasteiger partial charge in [-0.2, -0.15) is 5.10 Å². The molecule has 4 rings (SSSR count). The minimum atomic E-state index is -0.229. The van der Waals surface area contributed by atoms with E-state index in [-0.39, 0.29) is 5.91 Å². The fraction of sp³-hybridized carbons (Fsp3) is 0.0909. The van der Waals surface area contributed by atoms with Gasteiger partial charge in [-0.1, -0.05) is 18.2 Å². The highest BCUT2D eigenvalue weighted by atomic mass is 16.5. The molecule has 4 aromatic rings. The Balaban J connectivity index is 1.68. The summed E-state index contributed by atoms with van der Waals surface area (Å²) in [7, 11) is 1.63. The van der Waals surface area contributed by atoms with Crippen molar-refractivity contribution in [3.63, 3.8) is 0 Å². The Kier molecular flexibility index (Phi) is 4.93. The Bertz CT molecular complexity index is 1050. The molecular weight excluding hydrogens is 354 g/mol. The highest BCUT2D eigenvalue weighted by Gasteiger charge is 2.18. The largest absolute Gasteiger partial charge is 0.497 e. The van der Waals surface area contributed by atoms with Crippen LogP contribution in [0.1, 0.15) is 16.2 Å². The van der Waals surface area contributed by atoms with E-state index in [4.69, 9.17) is 9.15 Å². The Morgan fingerprint density at radius 1 is 1.07 bits per heavy atom. The van der Waals surface area contributed by atoms with E-state index in [9.17, 15) is 4.79 Å². The van der Waals surface area contributed by atoms with Gasteiger partial charge in [0.1, 0.15) is 17.2 Å². The van der Waals surface area contributed by atoms with Gasteiger partial charge in [-0.05, 0) is 54.6 Å². The molecule has 0 atom stereocenters. The van der Waals surface area contributed by atoms with E-state index >= 15 is 0 Å². The van der Waals surface area contributed by atoms with Crippen LogP contribution >= 0.6 is 0 Å². The van der Waals surface area contributed by atoms with Gasteiger partial charge in [0.15, 0.2) is 0 Å². The summed E-state index contributed by atoms with van der Waals surface area (Å²) in [6.45, 7) is 0.309. The third-order valence-corrected chi connectivity index (χ3v) is 4.33. The molecular formula is C22H19N3O3. The first-order valence-corrected chi connectivity index (χ1v) is 8.85. The van der Waals surface area contributed by atoms with Gasteiger partial charge in [-0.15, -0.1) is 0 Å². The van der Waals surface area contributed by atoms with E-state index in [0.717, 1.165) is 17.0 Å². The highest BCUT2D eigenvalue weighted by Crippen LogP contribution is 2.24. The fourth-order valence-electron chi connectivity index (χ4n) is 2.88. The first-order chi connectivity index (χ1) is 13.7. The molecule has 1 N–H and O–H groups in total. The summed E-state index contributed by atoms with van der Waals surface area (Å²) in [6, 6.07) is 22.5. The second kappa shape index (κ2) is 7.84. The maximum Gasteiger partial charge on any atom is 0.270 e. The summed E-state index contributed by atoms with van der Waals surface area (Å²) in [6.07, 6.45) is 1.58. The van der Waals surface area contributed by atoms with Crippen LogP contribution in [0.5, 0.6) is 5.75 Å². The Hall–Kier alpha value is -3.80. The van der Waals surface area contributed by atoms with E-state index in [1.165, 1.54) is 0 Å². The lowest BCUT2D eigenvalue weighted by atomic mass is 10.1. The molecule has 2 heterocycles. The smallest absolute Gasteiger partial charge is 0.270 e. The maximum absolute atomic E-state index is 12.8. The van der Waals surface area contributed by atoms with Crippen LogP contribution in [-0.2, 0) is 6.54 Å². The van der Waals surface area contributed by atoms with Crippen molar-refractivity contribution < 1.29 is 13.9 Å². The average Bonchev–Trinajstić information content (AvgIpc) is 3.43. The second-order valence-corrected chi connectivity index (χ2v) is 6.15. The summed E-state index contributed by atoms with van der Waals surface area (Å²) >= 11 is 0. The van der Waals surface area contributed by atoms with Crippen LogP contribution in [0, 0.1) is 0 Å².